The van der Waals surface area contributed by atoms with Crippen LogP contribution in [0.25, 0.3) is 0 Å². The van der Waals surface area contributed by atoms with Gasteiger partial charge in [-0.05, 0) is 42.7 Å². The molecular weight excluding hydrogens is 248 g/mol. The molecule has 0 fully saturated rings. The van der Waals surface area contributed by atoms with Gasteiger partial charge >= 0.3 is 0 Å². The van der Waals surface area contributed by atoms with Crippen molar-refractivity contribution in [3.05, 3.63) is 64.7 Å². The Balaban J connectivity index is 2.18. The summed E-state index contributed by atoms with van der Waals surface area (Å²) in [6, 6.07) is 13.5. The summed E-state index contributed by atoms with van der Waals surface area (Å²) in [5.74, 6) is 0.0532. The van der Waals surface area contributed by atoms with Gasteiger partial charge in [-0.15, -0.1) is 0 Å². The molecular formula is C17H20N2O. The largest absolute Gasteiger partial charge is 0.399 e. The van der Waals surface area contributed by atoms with Crippen LogP contribution in [0.4, 0.5) is 5.69 Å². The summed E-state index contributed by atoms with van der Waals surface area (Å²) in [7, 11) is 1.82. The molecule has 0 saturated heterocycles. The number of nitrogens with zero attached hydrogens (tertiary/aromatic N) is 1. The van der Waals surface area contributed by atoms with Gasteiger partial charge in [-0.1, -0.05) is 30.3 Å². The zero-order chi connectivity index (χ0) is 14.7. The van der Waals surface area contributed by atoms with Gasteiger partial charge in [-0.3, -0.25) is 4.79 Å². The molecule has 0 heterocycles. The number of nitrogens with two attached hydrogens (primary N) is 1. The van der Waals surface area contributed by atoms with Gasteiger partial charge in [0, 0.05) is 24.8 Å². The van der Waals surface area contributed by atoms with Crippen LogP contribution in [0.5, 0.6) is 0 Å². The van der Waals surface area contributed by atoms with Crippen molar-refractivity contribution in [1.29, 1.82) is 0 Å². The maximum absolute atomic E-state index is 12.6. The second kappa shape index (κ2) is 5.78. The van der Waals surface area contributed by atoms with Crippen molar-refractivity contribution in [2.24, 2.45) is 0 Å². The monoisotopic (exact) mass is 268 g/mol. The van der Waals surface area contributed by atoms with Crippen molar-refractivity contribution in [1.82, 2.24) is 4.90 Å². The standard InChI is InChI=1S/C17H20N2O/c1-12-5-4-6-13(2)16(12)17(20)19(3)11-14-7-9-15(18)10-8-14/h4-10H,11,18H2,1-3H3. The van der Waals surface area contributed by atoms with Crippen LogP contribution in [0.15, 0.2) is 42.5 Å². The Bertz CT molecular complexity index is 597. The van der Waals surface area contributed by atoms with Gasteiger partial charge in [0.15, 0.2) is 0 Å². The molecule has 0 saturated carbocycles. The van der Waals surface area contributed by atoms with Gasteiger partial charge in [0.25, 0.3) is 5.91 Å². The van der Waals surface area contributed by atoms with Crippen molar-refractivity contribution in [3.8, 4) is 0 Å². The molecule has 0 aliphatic heterocycles. The van der Waals surface area contributed by atoms with E-state index in [1.165, 1.54) is 0 Å². The summed E-state index contributed by atoms with van der Waals surface area (Å²) in [6.07, 6.45) is 0. The first-order valence-corrected chi connectivity index (χ1v) is 6.65. The van der Waals surface area contributed by atoms with Crippen LogP contribution in [0, 0.1) is 13.8 Å². The SMILES string of the molecule is Cc1cccc(C)c1C(=O)N(C)Cc1ccc(N)cc1. The van der Waals surface area contributed by atoms with Crippen LogP contribution in [0.1, 0.15) is 27.0 Å². The maximum Gasteiger partial charge on any atom is 0.254 e. The maximum atomic E-state index is 12.6. The summed E-state index contributed by atoms with van der Waals surface area (Å²) in [6.45, 7) is 4.52. The van der Waals surface area contributed by atoms with Gasteiger partial charge in [0.1, 0.15) is 0 Å². The summed E-state index contributed by atoms with van der Waals surface area (Å²) in [4.78, 5) is 14.3. The minimum absolute atomic E-state index is 0.0532. The number of carbonyl (C=O) groups is 1. The Morgan fingerprint density at radius 3 is 2.15 bits per heavy atom. The molecule has 2 rings (SSSR count). The quantitative estimate of drug-likeness (QED) is 0.869. The molecule has 1 amide bonds. The summed E-state index contributed by atoms with van der Waals surface area (Å²) in [5, 5.41) is 0. The van der Waals surface area contributed by atoms with Crippen LogP contribution >= 0.6 is 0 Å². The molecule has 3 heteroatoms. The van der Waals surface area contributed by atoms with Crippen LogP contribution in [0.2, 0.25) is 0 Å². The summed E-state index contributed by atoms with van der Waals surface area (Å²) < 4.78 is 0. The first kappa shape index (κ1) is 14.1. The van der Waals surface area contributed by atoms with Crippen molar-refractivity contribution in [3.63, 3.8) is 0 Å². The fraction of sp³-hybridized carbons (Fsp3) is 0.235. The lowest BCUT2D eigenvalue weighted by atomic mass is 10.0. The first-order chi connectivity index (χ1) is 9.49. The second-order valence-corrected chi connectivity index (χ2v) is 5.17. The highest BCUT2D eigenvalue weighted by atomic mass is 16.2. The number of nitrogen functional groups attached to an aromatic ring is 1. The number of aryl methyl sites for hydroxylation is 2. The van der Waals surface area contributed by atoms with Crippen LogP contribution in [-0.4, -0.2) is 17.9 Å². The van der Waals surface area contributed by atoms with E-state index in [2.05, 4.69) is 0 Å². The molecule has 0 aromatic heterocycles. The highest BCUT2D eigenvalue weighted by molar-refractivity contribution is 5.96. The van der Waals surface area contributed by atoms with E-state index in [-0.39, 0.29) is 5.91 Å². The Labute approximate surface area is 120 Å². The number of hydrogen-bond acceptors (Lipinski definition) is 2. The number of amides is 1. The molecule has 20 heavy (non-hydrogen) atoms. The molecule has 0 aliphatic carbocycles. The van der Waals surface area contributed by atoms with Crippen molar-refractivity contribution in [2.45, 2.75) is 20.4 Å². The minimum atomic E-state index is 0.0532. The molecule has 2 N–H and O–H groups in total. The number of benzene rings is 2. The third-order valence-electron chi connectivity index (χ3n) is 3.44. The normalized spacial score (nSPS) is 10.3. The molecule has 3 nitrogen and oxygen atoms in total. The second-order valence-electron chi connectivity index (χ2n) is 5.17. The molecule has 0 atom stereocenters. The zero-order valence-electron chi connectivity index (χ0n) is 12.2. The topological polar surface area (TPSA) is 46.3 Å². The molecule has 0 bridgehead atoms. The van der Waals surface area contributed by atoms with Crippen molar-refractivity contribution in [2.75, 3.05) is 12.8 Å². The number of hydrogen-bond donors (Lipinski definition) is 1. The van der Waals surface area contributed by atoms with Gasteiger partial charge in [-0.2, -0.15) is 0 Å². The Hall–Kier alpha value is -2.29. The number of anilines is 1. The summed E-state index contributed by atoms with van der Waals surface area (Å²) in [5.41, 5.74) is 10.3. The fourth-order valence-electron chi connectivity index (χ4n) is 2.31. The highest BCUT2D eigenvalue weighted by Crippen LogP contribution is 2.17. The lowest BCUT2D eigenvalue weighted by molar-refractivity contribution is 0.0783. The summed E-state index contributed by atoms with van der Waals surface area (Å²) >= 11 is 0. The van der Waals surface area contributed by atoms with E-state index in [1.54, 1.807) is 4.90 Å². The highest BCUT2D eigenvalue weighted by Gasteiger charge is 2.16. The van der Waals surface area contributed by atoms with Crippen LogP contribution in [0.3, 0.4) is 0 Å². The van der Waals surface area contributed by atoms with Crippen molar-refractivity contribution < 1.29 is 4.79 Å². The average molecular weight is 268 g/mol. The fourth-order valence-corrected chi connectivity index (χ4v) is 2.31. The van der Waals surface area contributed by atoms with E-state index in [9.17, 15) is 4.79 Å². The number of rotatable bonds is 3. The lowest BCUT2D eigenvalue weighted by Crippen LogP contribution is -2.27. The molecule has 104 valence electrons. The Morgan fingerprint density at radius 2 is 1.60 bits per heavy atom. The predicted molar refractivity (Wildman–Crippen MR) is 82.6 cm³/mol. The zero-order valence-corrected chi connectivity index (χ0v) is 12.2. The predicted octanol–water partition coefficient (Wildman–Crippen LogP) is 3.16. The molecule has 0 aliphatic rings. The Morgan fingerprint density at radius 1 is 1.05 bits per heavy atom. The molecule has 0 spiro atoms. The molecule has 0 radical (unpaired) electrons. The van der Waals surface area contributed by atoms with E-state index in [4.69, 9.17) is 5.73 Å². The molecule has 2 aromatic rings. The lowest BCUT2D eigenvalue weighted by Gasteiger charge is -2.20. The van der Waals surface area contributed by atoms with E-state index >= 15 is 0 Å². The Kier molecular flexibility index (Phi) is 4.08. The van der Waals surface area contributed by atoms with Crippen LogP contribution < -0.4 is 5.73 Å². The number of carbonyl (C=O) groups excluding carboxylic acids is 1. The van der Waals surface area contributed by atoms with E-state index < -0.39 is 0 Å². The molecule has 2 aromatic carbocycles. The average Bonchev–Trinajstić information content (AvgIpc) is 2.41. The first-order valence-electron chi connectivity index (χ1n) is 6.65. The van der Waals surface area contributed by atoms with Gasteiger partial charge in [-0.25, -0.2) is 0 Å². The third-order valence-corrected chi connectivity index (χ3v) is 3.44. The van der Waals surface area contributed by atoms with E-state index in [0.717, 1.165) is 27.9 Å². The van der Waals surface area contributed by atoms with E-state index in [1.807, 2.05) is 63.4 Å². The minimum Gasteiger partial charge on any atom is -0.399 e. The van der Waals surface area contributed by atoms with Gasteiger partial charge < -0.3 is 10.6 Å². The van der Waals surface area contributed by atoms with Crippen LogP contribution in [-0.2, 0) is 6.54 Å². The third kappa shape index (κ3) is 2.99. The van der Waals surface area contributed by atoms with Gasteiger partial charge in [0.2, 0.25) is 0 Å². The smallest absolute Gasteiger partial charge is 0.254 e. The van der Waals surface area contributed by atoms with Gasteiger partial charge in [0.05, 0.1) is 0 Å². The van der Waals surface area contributed by atoms with Crippen molar-refractivity contribution >= 4 is 11.6 Å². The molecule has 0 unspecified atom stereocenters. The van der Waals surface area contributed by atoms with E-state index in [0.29, 0.717) is 6.54 Å².